The lowest BCUT2D eigenvalue weighted by atomic mass is 9.97. The van der Waals surface area contributed by atoms with Crippen molar-refractivity contribution in [1.29, 1.82) is 0 Å². The highest BCUT2D eigenvalue weighted by molar-refractivity contribution is 5.88. The number of amides is 2. The van der Waals surface area contributed by atoms with Crippen LogP contribution in [0.15, 0.2) is 36.5 Å². The maximum atomic E-state index is 12.8. The third-order valence-electron chi connectivity index (χ3n) is 4.48. The Labute approximate surface area is 141 Å². The largest absolute Gasteiger partial charge is 0.358 e. The van der Waals surface area contributed by atoms with E-state index >= 15 is 0 Å². The van der Waals surface area contributed by atoms with Crippen molar-refractivity contribution < 1.29 is 9.59 Å². The van der Waals surface area contributed by atoms with Gasteiger partial charge in [-0.1, -0.05) is 30.3 Å². The molecule has 6 heteroatoms. The predicted octanol–water partition coefficient (Wildman–Crippen LogP) is 1.63. The van der Waals surface area contributed by atoms with Crippen LogP contribution in [0.25, 0.3) is 11.3 Å². The van der Waals surface area contributed by atoms with Crippen molar-refractivity contribution in [2.75, 3.05) is 20.6 Å². The zero-order valence-corrected chi connectivity index (χ0v) is 14.0. The second kappa shape index (κ2) is 6.86. The second-order valence-electron chi connectivity index (χ2n) is 6.08. The predicted molar refractivity (Wildman–Crippen MR) is 91.3 cm³/mol. The van der Waals surface area contributed by atoms with Gasteiger partial charge in [0.05, 0.1) is 24.4 Å². The number of rotatable bonds is 4. The van der Waals surface area contributed by atoms with Crippen molar-refractivity contribution in [3.8, 4) is 11.3 Å². The van der Waals surface area contributed by atoms with E-state index in [9.17, 15) is 9.59 Å². The summed E-state index contributed by atoms with van der Waals surface area (Å²) in [6.45, 7) is 0.931. The Kier molecular flexibility index (Phi) is 4.64. The van der Waals surface area contributed by atoms with Crippen molar-refractivity contribution in [3.05, 3.63) is 42.4 Å². The van der Waals surface area contributed by atoms with Gasteiger partial charge >= 0.3 is 0 Å². The van der Waals surface area contributed by atoms with Gasteiger partial charge in [0, 0.05) is 20.6 Å². The molecule has 24 heavy (non-hydrogen) atoms. The lowest BCUT2D eigenvalue weighted by Gasteiger charge is -2.27. The van der Waals surface area contributed by atoms with E-state index in [1.807, 2.05) is 36.5 Å². The topological polar surface area (TPSA) is 67.2 Å². The molecule has 2 aromatic rings. The van der Waals surface area contributed by atoms with Gasteiger partial charge in [-0.2, -0.15) is 0 Å². The van der Waals surface area contributed by atoms with Crippen LogP contribution in [0.3, 0.4) is 0 Å². The highest BCUT2D eigenvalue weighted by Crippen LogP contribution is 2.32. The van der Waals surface area contributed by atoms with E-state index in [4.69, 9.17) is 0 Å². The van der Waals surface area contributed by atoms with Crippen LogP contribution in [0.5, 0.6) is 0 Å². The molecule has 6 nitrogen and oxygen atoms in total. The van der Waals surface area contributed by atoms with Crippen LogP contribution in [-0.4, -0.2) is 46.9 Å². The summed E-state index contributed by atoms with van der Waals surface area (Å²) in [6.07, 6.45) is 3.53. The van der Waals surface area contributed by atoms with Crippen LogP contribution in [0.2, 0.25) is 0 Å². The molecule has 0 aliphatic carbocycles. The fourth-order valence-corrected chi connectivity index (χ4v) is 3.20. The molecule has 2 heterocycles. The van der Waals surface area contributed by atoms with Crippen LogP contribution in [-0.2, 0) is 16.1 Å². The van der Waals surface area contributed by atoms with E-state index in [1.54, 1.807) is 14.1 Å². The van der Waals surface area contributed by atoms with Crippen molar-refractivity contribution in [2.45, 2.75) is 25.3 Å². The number of nitrogens with one attached hydrogen (secondary N) is 1. The summed E-state index contributed by atoms with van der Waals surface area (Å²) in [5.41, 5.74) is 2.14. The van der Waals surface area contributed by atoms with Crippen molar-refractivity contribution in [2.24, 2.45) is 0 Å². The van der Waals surface area contributed by atoms with Crippen LogP contribution >= 0.6 is 0 Å². The molecule has 0 saturated carbocycles. The van der Waals surface area contributed by atoms with Gasteiger partial charge in [-0.3, -0.25) is 9.59 Å². The zero-order chi connectivity index (χ0) is 17.1. The normalized spacial score (nSPS) is 16.3. The molecule has 0 bridgehead atoms. The molecular formula is C18H22N4O2. The Morgan fingerprint density at radius 1 is 1.33 bits per heavy atom. The number of fused-ring (bicyclic) bond motifs is 1. The fourth-order valence-electron chi connectivity index (χ4n) is 3.20. The first-order valence-electron chi connectivity index (χ1n) is 8.18. The molecule has 0 radical (unpaired) electrons. The highest BCUT2D eigenvalue weighted by atomic mass is 16.2. The summed E-state index contributed by atoms with van der Waals surface area (Å²) in [5, 5.41) is 2.54. The third-order valence-corrected chi connectivity index (χ3v) is 4.48. The minimum atomic E-state index is -0.286. The lowest BCUT2D eigenvalue weighted by molar-refractivity contribution is -0.136. The van der Waals surface area contributed by atoms with E-state index in [0.717, 1.165) is 36.5 Å². The number of benzene rings is 1. The number of aromatic nitrogens is 2. The minimum absolute atomic E-state index is 0.0511. The second-order valence-corrected chi connectivity index (χ2v) is 6.08. The third kappa shape index (κ3) is 3.04. The van der Waals surface area contributed by atoms with Crippen LogP contribution in [0.1, 0.15) is 24.6 Å². The molecule has 0 spiro atoms. The average Bonchev–Trinajstić information content (AvgIpc) is 3.05. The zero-order valence-electron chi connectivity index (χ0n) is 14.0. The molecule has 1 aromatic carbocycles. The molecule has 1 aromatic heterocycles. The average molecular weight is 326 g/mol. The van der Waals surface area contributed by atoms with Gasteiger partial charge in [-0.05, 0) is 18.4 Å². The summed E-state index contributed by atoms with van der Waals surface area (Å²) in [6, 6.07) is 10.1. The molecule has 126 valence electrons. The van der Waals surface area contributed by atoms with Gasteiger partial charge < -0.3 is 14.8 Å². The van der Waals surface area contributed by atoms with E-state index < -0.39 is 0 Å². The van der Waals surface area contributed by atoms with E-state index in [2.05, 4.69) is 14.9 Å². The van der Waals surface area contributed by atoms with Crippen LogP contribution in [0.4, 0.5) is 0 Å². The monoisotopic (exact) mass is 326 g/mol. The molecule has 1 N–H and O–H groups in total. The number of hydrogen-bond acceptors (Lipinski definition) is 3. The molecule has 0 saturated heterocycles. The number of nitrogens with zero attached hydrogens (tertiary/aromatic N) is 3. The summed E-state index contributed by atoms with van der Waals surface area (Å²) in [4.78, 5) is 30.3. The quantitative estimate of drug-likeness (QED) is 0.928. The number of carbonyl (C=O) groups excluding carboxylic acids is 2. The molecule has 2 amide bonds. The minimum Gasteiger partial charge on any atom is -0.358 e. The van der Waals surface area contributed by atoms with Crippen LogP contribution in [0, 0.1) is 0 Å². The highest BCUT2D eigenvalue weighted by Gasteiger charge is 2.32. The Bertz CT molecular complexity index is 739. The SMILES string of the molecule is CNC(=O)CN(C)C(=O)C1CCCn2c(-c3ccccc3)cnc21. The Morgan fingerprint density at radius 2 is 2.08 bits per heavy atom. The number of imidazole rings is 1. The molecule has 1 aliphatic heterocycles. The molecule has 1 aliphatic rings. The molecule has 3 rings (SSSR count). The summed E-state index contributed by atoms with van der Waals surface area (Å²) in [5.74, 6) is 0.291. The van der Waals surface area contributed by atoms with Gasteiger partial charge in [-0.15, -0.1) is 0 Å². The van der Waals surface area contributed by atoms with E-state index in [0.29, 0.717) is 0 Å². The van der Waals surface area contributed by atoms with Gasteiger partial charge in [0.15, 0.2) is 0 Å². The first kappa shape index (κ1) is 16.2. The van der Waals surface area contributed by atoms with Crippen LogP contribution < -0.4 is 5.32 Å². The Hall–Kier alpha value is -2.63. The molecule has 1 unspecified atom stereocenters. The number of hydrogen-bond donors (Lipinski definition) is 1. The lowest BCUT2D eigenvalue weighted by Crippen LogP contribution is -2.40. The standard InChI is InChI=1S/C18H22N4O2/c1-19-16(23)12-21(2)18(24)14-9-6-10-22-15(11-20-17(14)22)13-7-4-3-5-8-13/h3-5,7-8,11,14H,6,9-10,12H2,1-2H3,(H,19,23). The summed E-state index contributed by atoms with van der Waals surface area (Å²) in [7, 11) is 3.23. The first-order chi connectivity index (χ1) is 11.6. The summed E-state index contributed by atoms with van der Waals surface area (Å²) >= 11 is 0. The fraction of sp³-hybridized carbons (Fsp3) is 0.389. The van der Waals surface area contributed by atoms with Gasteiger partial charge in [-0.25, -0.2) is 4.98 Å². The van der Waals surface area contributed by atoms with Gasteiger partial charge in [0.25, 0.3) is 0 Å². The first-order valence-corrected chi connectivity index (χ1v) is 8.18. The molecular weight excluding hydrogens is 304 g/mol. The van der Waals surface area contributed by atoms with Gasteiger partial charge in [0.1, 0.15) is 5.82 Å². The number of carbonyl (C=O) groups is 2. The Morgan fingerprint density at radius 3 is 2.79 bits per heavy atom. The van der Waals surface area contributed by atoms with Gasteiger partial charge in [0.2, 0.25) is 11.8 Å². The van der Waals surface area contributed by atoms with Crippen molar-refractivity contribution >= 4 is 11.8 Å². The Balaban J connectivity index is 1.86. The molecule has 0 fully saturated rings. The maximum Gasteiger partial charge on any atom is 0.239 e. The number of likely N-dealkylation sites (N-methyl/N-ethyl adjacent to an activating group) is 2. The smallest absolute Gasteiger partial charge is 0.239 e. The van der Waals surface area contributed by atoms with Crippen molar-refractivity contribution in [1.82, 2.24) is 19.8 Å². The summed E-state index contributed by atoms with van der Waals surface area (Å²) < 4.78 is 2.13. The molecule has 1 atom stereocenters. The van der Waals surface area contributed by atoms with E-state index in [-0.39, 0.29) is 24.3 Å². The maximum absolute atomic E-state index is 12.8. The van der Waals surface area contributed by atoms with E-state index in [1.165, 1.54) is 4.90 Å². The van der Waals surface area contributed by atoms with Crippen molar-refractivity contribution in [3.63, 3.8) is 0 Å².